The Bertz CT molecular complexity index is 1520. The second-order valence-corrected chi connectivity index (χ2v) is 14.1. The Kier molecular flexibility index (Phi) is 7.62. The van der Waals surface area contributed by atoms with Crippen molar-refractivity contribution in [2.75, 3.05) is 29.9 Å². The van der Waals surface area contributed by atoms with Gasteiger partial charge in [-0.1, -0.05) is 0 Å². The lowest BCUT2D eigenvalue weighted by Gasteiger charge is -2.23. The standard InChI is InChI=1S/C23H25FIN3O6S2/c1-26-22(29)19-17-13-18(25)21(27-23(17)34-20(19)14-7-9-15(24)10-8-14)28(35(2,30)31)11-3-5-16-6-4-12-36(16,32)33/h7-10,13,16H,3-6,11-12H2,1-2H3,(H,26,29). The Labute approximate surface area is 222 Å². The van der Waals surface area contributed by atoms with Crippen LogP contribution < -0.4 is 9.62 Å². The van der Waals surface area contributed by atoms with Crippen LogP contribution in [0.15, 0.2) is 34.7 Å². The highest BCUT2D eigenvalue weighted by Crippen LogP contribution is 2.36. The van der Waals surface area contributed by atoms with Gasteiger partial charge in [-0.3, -0.25) is 9.10 Å². The van der Waals surface area contributed by atoms with Crippen LogP contribution in [0.2, 0.25) is 0 Å². The van der Waals surface area contributed by atoms with E-state index in [1.54, 1.807) is 6.07 Å². The Morgan fingerprint density at radius 3 is 2.58 bits per heavy atom. The lowest BCUT2D eigenvalue weighted by molar-refractivity contribution is 0.0964. The molecule has 1 unspecified atom stereocenters. The number of halogens is 2. The number of pyridine rings is 1. The van der Waals surface area contributed by atoms with E-state index >= 15 is 0 Å². The zero-order valence-electron chi connectivity index (χ0n) is 19.6. The minimum absolute atomic E-state index is 0.0488. The van der Waals surface area contributed by atoms with Crippen LogP contribution in [0.1, 0.15) is 36.0 Å². The van der Waals surface area contributed by atoms with E-state index < -0.39 is 36.8 Å². The second kappa shape index (κ2) is 10.2. The van der Waals surface area contributed by atoms with Gasteiger partial charge in [0, 0.05) is 19.2 Å². The molecule has 2 aromatic heterocycles. The number of anilines is 1. The summed E-state index contributed by atoms with van der Waals surface area (Å²) in [7, 11) is -5.42. The Balaban J connectivity index is 1.74. The molecule has 4 rings (SSSR count). The average Bonchev–Trinajstić information content (AvgIpc) is 3.34. The lowest BCUT2D eigenvalue weighted by atomic mass is 10.1. The number of nitrogens with zero attached hydrogens (tertiary/aromatic N) is 2. The molecule has 1 atom stereocenters. The second-order valence-electron chi connectivity index (χ2n) is 8.65. The van der Waals surface area contributed by atoms with E-state index in [-0.39, 0.29) is 35.2 Å². The predicted molar refractivity (Wildman–Crippen MR) is 144 cm³/mol. The molecule has 9 nitrogen and oxygen atoms in total. The van der Waals surface area contributed by atoms with Crippen molar-refractivity contribution in [3.05, 3.63) is 45.3 Å². The van der Waals surface area contributed by atoms with E-state index in [1.165, 1.54) is 31.3 Å². The molecular formula is C23H25FIN3O6S2. The maximum absolute atomic E-state index is 13.5. The van der Waals surface area contributed by atoms with Gasteiger partial charge in [-0.2, -0.15) is 4.98 Å². The molecule has 1 aromatic carbocycles. The number of sulfone groups is 1. The average molecular weight is 650 g/mol. The third-order valence-electron chi connectivity index (χ3n) is 6.16. The van der Waals surface area contributed by atoms with Crippen LogP contribution in [0.5, 0.6) is 0 Å². The first-order valence-electron chi connectivity index (χ1n) is 11.2. The minimum atomic E-state index is -3.76. The maximum atomic E-state index is 13.5. The lowest BCUT2D eigenvalue weighted by Crippen LogP contribution is -2.33. The summed E-state index contributed by atoms with van der Waals surface area (Å²) in [6.45, 7) is 0.0488. The summed E-state index contributed by atoms with van der Waals surface area (Å²) in [5.41, 5.74) is 0.714. The van der Waals surface area contributed by atoms with E-state index in [2.05, 4.69) is 10.3 Å². The molecular weight excluding hydrogens is 624 g/mol. The van der Waals surface area contributed by atoms with Crippen molar-refractivity contribution in [2.45, 2.75) is 30.9 Å². The molecule has 1 aliphatic rings. The molecule has 1 N–H and O–H groups in total. The number of aromatic nitrogens is 1. The quantitative estimate of drug-likeness (QED) is 0.369. The number of carbonyl (C=O) groups excluding carboxylic acids is 1. The molecule has 13 heteroatoms. The SMILES string of the molecule is CNC(=O)c1c(-c2ccc(F)cc2)oc2nc(N(CCCC3CCCS3(=O)=O)S(C)(=O)=O)c(I)cc12. The van der Waals surface area contributed by atoms with Crippen molar-refractivity contribution in [3.8, 4) is 11.3 Å². The summed E-state index contributed by atoms with van der Waals surface area (Å²) in [6, 6.07) is 7.07. The molecule has 194 valence electrons. The smallest absolute Gasteiger partial charge is 0.255 e. The molecule has 3 aromatic rings. The first-order chi connectivity index (χ1) is 16.9. The molecule has 0 radical (unpaired) electrons. The van der Waals surface area contributed by atoms with E-state index in [1.807, 2.05) is 22.6 Å². The summed E-state index contributed by atoms with van der Waals surface area (Å²) in [5.74, 6) is -0.395. The molecule has 0 aliphatic carbocycles. The summed E-state index contributed by atoms with van der Waals surface area (Å²) in [6.07, 6.45) is 2.98. The van der Waals surface area contributed by atoms with Gasteiger partial charge in [0.1, 0.15) is 11.6 Å². The number of furan rings is 1. The van der Waals surface area contributed by atoms with E-state index in [9.17, 15) is 26.0 Å². The zero-order chi connectivity index (χ0) is 26.3. The van der Waals surface area contributed by atoms with Crippen molar-refractivity contribution in [1.29, 1.82) is 0 Å². The highest BCUT2D eigenvalue weighted by atomic mass is 127. The molecule has 36 heavy (non-hydrogen) atoms. The fourth-order valence-corrected chi connectivity index (χ4v) is 8.15. The molecule has 1 amide bonds. The zero-order valence-corrected chi connectivity index (χ0v) is 23.4. The first kappa shape index (κ1) is 26.8. The maximum Gasteiger partial charge on any atom is 0.255 e. The highest BCUT2D eigenvalue weighted by molar-refractivity contribution is 14.1. The number of hydrogen-bond acceptors (Lipinski definition) is 7. The van der Waals surface area contributed by atoms with Crippen LogP contribution in [0, 0.1) is 9.39 Å². The topological polar surface area (TPSA) is 127 Å². The van der Waals surface area contributed by atoms with Crippen LogP contribution >= 0.6 is 22.6 Å². The van der Waals surface area contributed by atoms with Gasteiger partial charge in [0.05, 0.1) is 31.8 Å². The van der Waals surface area contributed by atoms with Crippen molar-refractivity contribution >= 4 is 65.3 Å². The molecule has 1 aliphatic heterocycles. The fraction of sp³-hybridized carbons (Fsp3) is 0.391. The van der Waals surface area contributed by atoms with Crippen molar-refractivity contribution < 1.29 is 30.4 Å². The number of rotatable bonds is 8. The largest absolute Gasteiger partial charge is 0.437 e. The van der Waals surface area contributed by atoms with Gasteiger partial charge in [-0.05, 0) is 78.6 Å². The number of carbonyl (C=O) groups is 1. The summed E-state index contributed by atoms with van der Waals surface area (Å²) in [4.78, 5) is 17.2. The van der Waals surface area contributed by atoms with Crippen LogP contribution in [-0.2, 0) is 19.9 Å². The number of fused-ring (bicyclic) bond motifs is 1. The number of amides is 1. The fourth-order valence-electron chi connectivity index (χ4n) is 4.39. The van der Waals surface area contributed by atoms with Crippen LogP contribution in [0.4, 0.5) is 10.2 Å². The Morgan fingerprint density at radius 1 is 1.31 bits per heavy atom. The first-order valence-corrected chi connectivity index (χ1v) is 15.9. The van der Waals surface area contributed by atoms with E-state index in [4.69, 9.17) is 4.42 Å². The van der Waals surface area contributed by atoms with Gasteiger partial charge in [-0.15, -0.1) is 0 Å². The molecule has 1 fully saturated rings. The van der Waals surface area contributed by atoms with Gasteiger partial charge in [0.2, 0.25) is 15.7 Å². The van der Waals surface area contributed by atoms with Crippen molar-refractivity contribution in [1.82, 2.24) is 10.3 Å². The van der Waals surface area contributed by atoms with E-state index in [0.29, 0.717) is 40.2 Å². The predicted octanol–water partition coefficient (Wildman–Crippen LogP) is 3.72. The molecule has 1 saturated heterocycles. The molecule has 0 spiro atoms. The van der Waals surface area contributed by atoms with Crippen molar-refractivity contribution in [3.63, 3.8) is 0 Å². The van der Waals surface area contributed by atoms with Crippen LogP contribution in [-0.4, -0.2) is 58.6 Å². The molecule has 0 saturated carbocycles. The monoisotopic (exact) mass is 649 g/mol. The third kappa shape index (κ3) is 5.37. The van der Waals surface area contributed by atoms with Crippen molar-refractivity contribution in [2.24, 2.45) is 0 Å². The van der Waals surface area contributed by atoms with Gasteiger partial charge in [0.25, 0.3) is 5.91 Å². The number of benzene rings is 1. The number of sulfonamides is 1. The summed E-state index contributed by atoms with van der Waals surface area (Å²) < 4.78 is 70.7. The van der Waals surface area contributed by atoms with Crippen LogP contribution in [0.3, 0.4) is 0 Å². The number of nitrogens with one attached hydrogen (secondary N) is 1. The Morgan fingerprint density at radius 2 is 2.00 bits per heavy atom. The molecule has 3 heterocycles. The molecule has 0 bridgehead atoms. The van der Waals surface area contributed by atoms with Gasteiger partial charge < -0.3 is 9.73 Å². The highest BCUT2D eigenvalue weighted by Gasteiger charge is 2.32. The Hall–Kier alpha value is -2.26. The normalized spacial score (nSPS) is 17.4. The van der Waals surface area contributed by atoms with Crippen LogP contribution in [0.25, 0.3) is 22.4 Å². The third-order valence-corrected chi connectivity index (χ3v) is 10.5. The number of hydrogen-bond donors (Lipinski definition) is 1. The van der Waals surface area contributed by atoms with Gasteiger partial charge >= 0.3 is 0 Å². The van der Waals surface area contributed by atoms with E-state index in [0.717, 1.165) is 10.6 Å². The minimum Gasteiger partial charge on any atom is -0.437 e. The summed E-state index contributed by atoms with van der Waals surface area (Å²) >= 11 is 1.95. The van der Waals surface area contributed by atoms with Gasteiger partial charge in [-0.25, -0.2) is 21.2 Å². The van der Waals surface area contributed by atoms with Gasteiger partial charge in [0.15, 0.2) is 15.7 Å². The summed E-state index contributed by atoms with van der Waals surface area (Å²) in [5, 5.41) is 2.49.